The van der Waals surface area contributed by atoms with E-state index in [2.05, 4.69) is 10.0 Å². The molecular formula is C14H20N2O3S. The molecule has 3 rings (SSSR count). The molecule has 0 bridgehead atoms. The van der Waals surface area contributed by atoms with Gasteiger partial charge in [0.1, 0.15) is 0 Å². The molecule has 110 valence electrons. The summed E-state index contributed by atoms with van der Waals surface area (Å²) in [6.07, 6.45) is 2.36. The Hall–Kier alpha value is -1.11. The van der Waals surface area contributed by atoms with Gasteiger partial charge < -0.3 is 10.1 Å². The summed E-state index contributed by atoms with van der Waals surface area (Å²) in [5, 5.41) is 3.21. The van der Waals surface area contributed by atoms with E-state index in [9.17, 15) is 8.42 Å². The van der Waals surface area contributed by atoms with Crippen molar-refractivity contribution in [1.29, 1.82) is 0 Å². The Balaban J connectivity index is 1.84. The molecule has 2 aliphatic rings. The first-order valence-corrected chi connectivity index (χ1v) is 8.45. The van der Waals surface area contributed by atoms with Gasteiger partial charge in [0.25, 0.3) is 0 Å². The Morgan fingerprint density at radius 1 is 1.30 bits per heavy atom. The Morgan fingerprint density at radius 3 is 2.80 bits per heavy atom. The molecule has 0 amide bonds. The van der Waals surface area contributed by atoms with Crippen molar-refractivity contribution in [3.8, 4) is 0 Å². The maximum absolute atomic E-state index is 12.5. The smallest absolute Gasteiger partial charge is 0.241 e. The van der Waals surface area contributed by atoms with E-state index in [0.29, 0.717) is 31.0 Å². The van der Waals surface area contributed by atoms with E-state index in [0.717, 1.165) is 18.7 Å². The van der Waals surface area contributed by atoms with Crippen molar-refractivity contribution in [2.24, 2.45) is 0 Å². The molecule has 0 saturated carbocycles. The van der Waals surface area contributed by atoms with Crippen LogP contribution in [0.1, 0.15) is 25.3 Å². The number of sulfonamides is 1. The van der Waals surface area contributed by atoms with Crippen LogP contribution in [0, 0.1) is 0 Å². The van der Waals surface area contributed by atoms with Crippen LogP contribution in [0.3, 0.4) is 0 Å². The second-order valence-electron chi connectivity index (χ2n) is 5.77. The highest BCUT2D eigenvalue weighted by Crippen LogP contribution is 2.27. The molecule has 1 fully saturated rings. The van der Waals surface area contributed by atoms with E-state index in [4.69, 9.17) is 4.74 Å². The fraction of sp³-hybridized carbons (Fsp3) is 0.571. The van der Waals surface area contributed by atoms with Gasteiger partial charge in [0.2, 0.25) is 10.0 Å². The summed E-state index contributed by atoms with van der Waals surface area (Å²) >= 11 is 0. The molecule has 6 heteroatoms. The van der Waals surface area contributed by atoms with Gasteiger partial charge in [-0.3, -0.25) is 0 Å². The minimum absolute atomic E-state index is 0.332. The summed E-state index contributed by atoms with van der Waals surface area (Å²) < 4.78 is 33.2. The maximum Gasteiger partial charge on any atom is 0.241 e. The van der Waals surface area contributed by atoms with E-state index in [1.165, 1.54) is 5.56 Å². The molecule has 0 atom stereocenters. The second-order valence-corrected chi connectivity index (χ2v) is 7.46. The highest BCUT2D eigenvalue weighted by molar-refractivity contribution is 7.89. The molecule has 5 nitrogen and oxygen atoms in total. The predicted octanol–water partition coefficient (Wildman–Crippen LogP) is 1.50. The summed E-state index contributed by atoms with van der Waals surface area (Å²) in [5.74, 6) is 0. The molecule has 2 N–H and O–H groups in total. The van der Waals surface area contributed by atoms with Gasteiger partial charge >= 0.3 is 0 Å². The molecule has 2 aliphatic heterocycles. The monoisotopic (exact) mass is 296 g/mol. The Morgan fingerprint density at radius 2 is 2.05 bits per heavy atom. The average Bonchev–Trinajstić information content (AvgIpc) is 2.85. The molecule has 1 aromatic rings. The van der Waals surface area contributed by atoms with Crippen molar-refractivity contribution >= 4 is 15.7 Å². The fourth-order valence-corrected chi connectivity index (χ4v) is 4.24. The molecular weight excluding hydrogens is 276 g/mol. The molecule has 0 radical (unpaired) electrons. The van der Waals surface area contributed by atoms with Gasteiger partial charge in [-0.05, 0) is 43.9 Å². The Kier molecular flexibility index (Phi) is 3.48. The van der Waals surface area contributed by atoms with Crippen molar-refractivity contribution < 1.29 is 13.2 Å². The number of hydrogen-bond acceptors (Lipinski definition) is 4. The third-order valence-corrected chi connectivity index (χ3v) is 5.71. The van der Waals surface area contributed by atoms with E-state index < -0.39 is 15.6 Å². The van der Waals surface area contributed by atoms with Gasteiger partial charge in [-0.15, -0.1) is 0 Å². The topological polar surface area (TPSA) is 67.4 Å². The largest absolute Gasteiger partial charge is 0.384 e. The number of rotatable bonds is 3. The second kappa shape index (κ2) is 5.02. The standard InChI is InChI=1S/C14H20N2O3S/c1-14(5-8-19-9-6-14)16-20(17,18)12-3-2-11-4-7-15-13(11)10-12/h2-3,10,15-16H,4-9H2,1H3. The number of hydrogen-bond donors (Lipinski definition) is 2. The predicted molar refractivity (Wildman–Crippen MR) is 77.4 cm³/mol. The van der Waals surface area contributed by atoms with E-state index in [1.807, 2.05) is 13.0 Å². The lowest BCUT2D eigenvalue weighted by Crippen LogP contribution is -2.49. The fourth-order valence-electron chi connectivity index (χ4n) is 2.74. The molecule has 1 aromatic carbocycles. The van der Waals surface area contributed by atoms with Crippen LogP contribution in [0.5, 0.6) is 0 Å². The lowest BCUT2D eigenvalue weighted by Gasteiger charge is -2.34. The summed E-state index contributed by atoms with van der Waals surface area (Å²) in [5.41, 5.74) is 1.70. The summed E-state index contributed by atoms with van der Waals surface area (Å²) in [7, 11) is -3.49. The lowest BCUT2D eigenvalue weighted by molar-refractivity contribution is 0.0537. The Labute approximate surface area is 119 Å². The van der Waals surface area contributed by atoms with E-state index >= 15 is 0 Å². The molecule has 0 aliphatic carbocycles. The number of fused-ring (bicyclic) bond motifs is 1. The zero-order valence-corrected chi connectivity index (χ0v) is 12.4. The van der Waals surface area contributed by atoms with Crippen molar-refractivity contribution in [1.82, 2.24) is 4.72 Å². The highest BCUT2D eigenvalue weighted by Gasteiger charge is 2.32. The van der Waals surface area contributed by atoms with Crippen molar-refractivity contribution in [2.45, 2.75) is 36.6 Å². The number of anilines is 1. The third-order valence-electron chi connectivity index (χ3n) is 4.08. The number of ether oxygens (including phenoxy) is 1. The van der Waals surface area contributed by atoms with Crippen LogP contribution in [0.25, 0.3) is 0 Å². The Bertz CT molecular complexity index is 607. The summed E-state index contributed by atoms with van der Waals surface area (Å²) in [6.45, 7) is 4.02. The van der Waals surface area contributed by atoms with Crippen molar-refractivity contribution in [2.75, 3.05) is 25.1 Å². The third kappa shape index (κ3) is 2.68. The first-order valence-electron chi connectivity index (χ1n) is 6.97. The maximum atomic E-state index is 12.5. The van der Waals surface area contributed by atoms with Crippen molar-refractivity contribution in [3.63, 3.8) is 0 Å². The molecule has 0 spiro atoms. The quantitative estimate of drug-likeness (QED) is 0.887. The van der Waals surface area contributed by atoms with Gasteiger partial charge in [-0.1, -0.05) is 6.07 Å². The van der Waals surface area contributed by atoms with Crippen LogP contribution in [0.2, 0.25) is 0 Å². The van der Waals surface area contributed by atoms with E-state index in [-0.39, 0.29) is 0 Å². The zero-order chi connectivity index (χ0) is 14.2. The minimum Gasteiger partial charge on any atom is -0.384 e. The van der Waals surface area contributed by atoms with Crippen LogP contribution in [-0.4, -0.2) is 33.7 Å². The van der Waals surface area contributed by atoms with Crippen LogP contribution in [0.15, 0.2) is 23.1 Å². The average molecular weight is 296 g/mol. The van der Waals surface area contributed by atoms with Crippen LogP contribution >= 0.6 is 0 Å². The van der Waals surface area contributed by atoms with Crippen LogP contribution < -0.4 is 10.0 Å². The highest BCUT2D eigenvalue weighted by atomic mass is 32.2. The number of benzene rings is 1. The SMILES string of the molecule is CC1(NS(=O)(=O)c2ccc3c(c2)NCC3)CCOCC1. The van der Waals surface area contributed by atoms with Gasteiger partial charge in [-0.2, -0.15) is 0 Å². The normalized spacial score (nSPS) is 21.2. The first kappa shape index (κ1) is 13.9. The number of nitrogens with one attached hydrogen (secondary N) is 2. The summed E-state index contributed by atoms with van der Waals surface area (Å²) in [4.78, 5) is 0.332. The minimum atomic E-state index is -3.49. The van der Waals surface area contributed by atoms with Gasteiger partial charge in [0.15, 0.2) is 0 Å². The van der Waals surface area contributed by atoms with Crippen LogP contribution in [-0.2, 0) is 21.2 Å². The van der Waals surface area contributed by atoms with E-state index in [1.54, 1.807) is 12.1 Å². The molecule has 2 heterocycles. The first-order chi connectivity index (χ1) is 9.49. The summed E-state index contributed by atoms with van der Waals surface area (Å²) in [6, 6.07) is 5.32. The van der Waals surface area contributed by atoms with Crippen molar-refractivity contribution in [3.05, 3.63) is 23.8 Å². The van der Waals surface area contributed by atoms with Gasteiger partial charge in [0, 0.05) is 31.0 Å². The van der Waals surface area contributed by atoms with Crippen LogP contribution in [0.4, 0.5) is 5.69 Å². The molecule has 0 unspecified atom stereocenters. The lowest BCUT2D eigenvalue weighted by atomic mass is 9.94. The zero-order valence-electron chi connectivity index (χ0n) is 11.6. The molecule has 20 heavy (non-hydrogen) atoms. The molecule has 0 aromatic heterocycles. The molecule has 1 saturated heterocycles. The van der Waals surface area contributed by atoms with Gasteiger partial charge in [-0.25, -0.2) is 13.1 Å². The van der Waals surface area contributed by atoms with Gasteiger partial charge in [0.05, 0.1) is 4.90 Å².